The minimum atomic E-state index is -3.77. The first kappa shape index (κ1) is 14.0. The molecule has 0 bridgehead atoms. The largest absolute Gasteiger partial charge is 0.478 e. The molecule has 0 amide bonds. The summed E-state index contributed by atoms with van der Waals surface area (Å²) >= 11 is 0. The van der Waals surface area contributed by atoms with E-state index in [1.54, 1.807) is 6.92 Å². The molecule has 1 aliphatic heterocycles. The van der Waals surface area contributed by atoms with Crippen LogP contribution in [0.1, 0.15) is 17.3 Å². The van der Waals surface area contributed by atoms with Gasteiger partial charge in [0, 0.05) is 25.7 Å². The van der Waals surface area contributed by atoms with Crippen LogP contribution in [0.5, 0.6) is 0 Å². The van der Waals surface area contributed by atoms with Crippen molar-refractivity contribution in [3.05, 3.63) is 29.8 Å². The number of carbonyl (C=O) groups is 1. The summed E-state index contributed by atoms with van der Waals surface area (Å²) in [6.45, 7) is 3.28. The van der Waals surface area contributed by atoms with E-state index in [0.717, 1.165) is 0 Å². The molecule has 0 saturated carbocycles. The van der Waals surface area contributed by atoms with E-state index in [0.29, 0.717) is 19.6 Å². The summed E-state index contributed by atoms with van der Waals surface area (Å²) in [4.78, 5) is 11.0. The van der Waals surface area contributed by atoms with Gasteiger partial charge in [0.2, 0.25) is 10.0 Å². The maximum absolute atomic E-state index is 12.6. The molecule has 104 valence electrons. The molecule has 1 heterocycles. The van der Waals surface area contributed by atoms with E-state index in [9.17, 15) is 13.2 Å². The molecule has 1 aromatic rings. The fourth-order valence-electron chi connectivity index (χ4n) is 2.17. The van der Waals surface area contributed by atoms with E-state index in [1.807, 2.05) is 0 Å². The van der Waals surface area contributed by atoms with Gasteiger partial charge in [0.15, 0.2) is 0 Å². The van der Waals surface area contributed by atoms with Gasteiger partial charge in [0.25, 0.3) is 0 Å². The summed E-state index contributed by atoms with van der Waals surface area (Å²) < 4.78 is 26.5. The first-order valence-corrected chi connectivity index (χ1v) is 7.43. The highest BCUT2D eigenvalue weighted by molar-refractivity contribution is 7.89. The summed E-state index contributed by atoms with van der Waals surface area (Å²) in [5.74, 6) is -1.23. The Morgan fingerprint density at radius 2 is 2.11 bits per heavy atom. The monoisotopic (exact) mass is 284 g/mol. The van der Waals surface area contributed by atoms with Crippen molar-refractivity contribution in [3.63, 3.8) is 0 Å². The van der Waals surface area contributed by atoms with Crippen LogP contribution in [0.25, 0.3) is 0 Å². The van der Waals surface area contributed by atoms with E-state index >= 15 is 0 Å². The van der Waals surface area contributed by atoms with Crippen molar-refractivity contribution in [3.8, 4) is 0 Å². The Bertz CT molecular complexity index is 585. The first-order valence-electron chi connectivity index (χ1n) is 5.99. The zero-order valence-electron chi connectivity index (χ0n) is 10.5. The third-order valence-electron chi connectivity index (χ3n) is 3.14. The zero-order valence-corrected chi connectivity index (χ0v) is 11.4. The van der Waals surface area contributed by atoms with Gasteiger partial charge >= 0.3 is 5.97 Å². The lowest BCUT2D eigenvalue weighted by atomic mass is 10.2. The highest BCUT2D eigenvalue weighted by atomic mass is 32.2. The number of carboxylic acid groups (broad SMARTS) is 1. The Balaban J connectivity index is 2.47. The van der Waals surface area contributed by atoms with Crippen molar-refractivity contribution in [2.45, 2.75) is 17.9 Å². The van der Waals surface area contributed by atoms with E-state index in [4.69, 9.17) is 5.11 Å². The average Bonchev–Trinajstić information content (AvgIpc) is 2.39. The van der Waals surface area contributed by atoms with Gasteiger partial charge in [0.1, 0.15) is 0 Å². The molecule has 19 heavy (non-hydrogen) atoms. The predicted octanol–water partition coefficient (Wildman–Crippen LogP) is 0.367. The first-order chi connectivity index (χ1) is 8.94. The standard InChI is InChI=1S/C12H16N2O4S/c1-9-8-13-6-7-14(9)19(17,18)11-5-3-2-4-10(11)12(15)16/h2-5,9,13H,6-8H2,1H3,(H,15,16). The maximum atomic E-state index is 12.6. The highest BCUT2D eigenvalue weighted by Gasteiger charge is 2.33. The van der Waals surface area contributed by atoms with Crippen molar-refractivity contribution in [2.24, 2.45) is 0 Å². The average molecular weight is 284 g/mol. The van der Waals surface area contributed by atoms with Crippen LogP contribution in [-0.2, 0) is 10.0 Å². The summed E-state index contributed by atoms with van der Waals surface area (Å²) in [6, 6.07) is 5.51. The number of benzene rings is 1. The molecule has 1 aromatic carbocycles. The zero-order chi connectivity index (χ0) is 14.0. The van der Waals surface area contributed by atoms with Crippen molar-refractivity contribution >= 4 is 16.0 Å². The van der Waals surface area contributed by atoms with Crippen LogP contribution in [-0.4, -0.2) is 49.5 Å². The van der Waals surface area contributed by atoms with Gasteiger partial charge in [-0.05, 0) is 19.1 Å². The van der Waals surface area contributed by atoms with Gasteiger partial charge in [-0.25, -0.2) is 13.2 Å². The lowest BCUT2D eigenvalue weighted by Gasteiger charge is -2.33. The Morgan fingerprint density at radius 3 is 2.74 bits per heavy atom. The fraction of sp³-hybridized carbons (Fsp3) is 0.417. The number of aromatic carboxylic acids is 1. The number of nitrogens with one attached hydrogen (secondary N) is 1. The molecule has 0 aliphatic carbocycles. The Morgan fingerprint density at radius 1 is 1.42 bits per heavy atom. The second-order valence-electron chi connectivity index (χ2n) is 4.47. The van der Waals surface area contributed by atoms with E-state index in [1.165, 1.54) is 28.6 Å². The number of hydrogen-bond acceptors (Lipinski definition) is 4. The maximum Gasteiger partial charge on any atom is 0.337 e. The minimum absolute atomic E-state index is 0.142. The normalized spacial score (nSPS) is 21.2. The van der Waals surface area contributed by atoms with Crippen LogP contribution in [0.15, 0.2) is 29.2 Å². The molecule has 2 N–H and O–H groups in total. The summed E-state index contributed by atoms with van der Waals surface area (Å²) in [7, 11) is -3.77. The molecule has 7 heteroatoms. The quantitative estimate of drug-likeness (QED) is 0.837. The topological polar surface area (TPSA) is 86.7 Å². The molecule has 1 atom stereocenters. The molecule has 6 nitrogen and oxygen atoms in total. The van der Waals surface area contributed by atoms with E-state index < -0.39 is 16.0 Å². The van der Waals surface area contributed by atoms with Gasteiger partial charge in [0.05, 0.1) is 10.5 Å². The number of rotatable bonds is 3. The third kappa shape index (κ3) is 2.63. The van der Waals surface area contributed by atoms with Crippen LogP contribution >= 0.6 is 0 Å². The summed E-state index contributed by atoms with van der Waals surface area (Å²) in [5, 5.41) is 12.2. The Labute approximate surface area is 112 Å². The number of piperazine rings is 1. The molecule has 1 unspecified atom stereocenters. The van der Waals surface area contributed by atoms with Crippen LogP contribution in [0.3, 0.4) is 0 Å². The molecule has 0 radical (unpaired) electrons. The smallest absolute Gasteiger partial charge is 0.337 e. The lowest BCUT2D eigenvalue weighted by molar-refractivity contribution is 0.0692. The lowest BCUT2D eigenvalue weighted by Crippen LogP contribution is -2.52. The molecule has 0 aromatic heterocycles. The molecular formula is C12H16N2O4S. The molecule has 0 spiro atoms. The van der Waals surface area contributed by atoms with Gasteiger partial charge in [-0.2, -0.15) is 4.31 Å². The highest BCUT2D eigenvalue weighted by Crippen LogP contribution is 2.22. The Kier molecular flexibility index (Phi) is 3.88. The molecule has 1 fully saturated rings. The van der Waals surface area contributed by atoms with Crippen LogP contribution < -0.4 is 5.32 Å². The molecule has 1 saturated heterocycles. The molecular weight excluding hydrogens is 268 g/mol. The Hall–Kier alpha value is -1.44. The SMILES string of the molecule is CC1CNCCN1S(=O)(=O)c1ccccc1C(=O)O. The second-order valence-corrected chi connectivity index (χ2v) is 6.33. The minimum Gasteiger partial charge on any atom is -0.478 e. The predicted molar refractivity (Wildman–Crippen MR) is 69.6 cm³/mol. The number of hydrogen-bond donors (Lipinski definition) is 2. The number of sulfonamides is 1. The number of nitrogens with zero attached hydrogens (tertiary/aromatic N) is 1. The van der Waals surface area contributed by atoms with E-state index in [2.05, 4.69) is 5.32 Å². The molecule has 1 aliphatic rings. The van der Waals surface area contributed by atoms with Gasteiger partial charge < -0.3 is 10.4 Å². The van der Waals surface area contributed by atoms with Crippen LogP contribution in [0.4, 0.5) is 0 Å². The van der Waals surface area contributed by atoms with Crippen molar-refractivity contribution in [1.82, 2.24) is 9.62 Å². The van der Waals surface area contributed by atoms with Gasteiger partial charge in [-0.1, -0.05) is 12.1 Å². The fourth-order valence-corrected chi connectivity index (χ4v) is 3.99. The second kappa shape index (κ2) is 5.28. The summed E-state index contributed by atoms with van der Waals surface area (Å²) in [6.07, 6.45) is 0. The number of carboxylic acids is 1. The van der Waals surface area contributed by atoms with E-state index in [-0.39, 0.29) is 16.5 Å². The van der Waals surface area contributed by atoms with Crippen molar-refractivity contribution < 1.29 is 18.3 Å². The van der Waals surface area contributed by atoms with Crippen molar-refractivity contribution in [2.75, 3.05) is 19.6 Å². The van der Waals surface area contributed by atoms with Gasteiger partial charge in [-0.15, -0.1) is 0 Å². The van der Waals surface area contributed by atoms with Crippen LogP contribution in [0, 0.1) is 0 Å². The van der Waals surface area contributed by atoms with Gasteiger partial charge in [-0.3, -0.25) is 0 Å². The summed E-state index contributed by atoms with van der Waals surface area (Å²) in [5.41, 5.74) is -0.187. The molecule has 2 rings (SSSR count). The van der Waals surface area contributed by atoms with Crippen LogP contribution in [0.2, 0.25) is 0 Å². The third-order valence-corrected chi connectivity index (χ3v) is 5.22. The van der Waals surface area contributed by atoms with Crippen molar-refractivity contribution in [1.29, 1.82) is 0 Å².